The molecule has 1 aliphatic carbocycles. The Hall–Kier alpha value is -0.130. The summed E-state index contributed by atoms with van der Waals surface area (Å²) in [6, 6.07) is 0.624. The fourth-order valence-electron chi connectivity index (χ4n) is 3.46. The summed E-state index contributed by atoms with van der Waals surface area (Å²) in [5.74, 6) is 0.619. The van der Waals surface area contributed by atoms with Gasteiger partial charge in [0.05, 0.1) is 5.25 Å². The molecule has 2 fully saturated rings. The molecule has 0 aromatic rings. The summed E-state index contributed by atoms with van der Waals surface area (Å²) >= 11 is 0. The maximum absolute atomic E-state index is 12.7. The van der Waals surface area contributed by atoms with Crippen molar-refractivity contribution in [3.63, 3.8) is 0 Å². The van der Waals surface area contributed by atoms with Gasteiger partial charge in [-0.2, -0.15) is 4.31 Å². The molecule has 3 atom stereocenters. The lowest BCUT2D eigenvalue weighted by Gasteiger charge is -2.38. The molecular formula is C14H28N2O2S. The van der Waals surface area contributed by atoms with Gasteiger partial charge >= 0.3 is 0 Å². The molecule has 0 spiro atoms. The Morgan fingerprint density at radius 3 is 2.53 bits per heavy atom. The van der Waals surface area contributed by atoms with E-state index in [0.717, 1.165) is 19.4 Å². The molecular weight excluding hydrogens is 260 g/mol. The molecule has 0 aromatic carbocycles. The summed E-state index contributed by atoms with van der Waals surface area (Å²) in [5, 5.41) is 2.92. The van der Waals surface area contributed by atoms with E-state index in [0.29, 0.717) is 24.5 Å². The van der Waals surface area contributed by atoms with Crippen LogP contribution in [-0.4, -0.2) is 43.1 Å². The Bertz CT molecular complexity index is 394. The van der Waals surface area contributed by atoms with E-state index < -0.39 is 10.0 Å². The highest BCUT2D eigenvalue weighted by Crippen LogP contribution is 2.38. The highest BCUT2D eigenvalue weighted by Gasteiger charge is 2.42. The highest BCUT2D eigenvalue weighted by molar-refractivity contribution is 7.89. The lowest BCUT2D eigenvalue weighted by Crippen LogP contribution is -2.51. The number of hydrogen-bond acceptors (Lipinski definition) is 3. The van der Waals surface area contributed by atoms with E-state index >= 15 is 0 Å². The molecule has 4 nitrogen and oxygen atoms in total. The molecule has 3 unspecified atom stereocenters. The van der Waals surface area contributed by atoms with Crippen LogP contribution in [0.5, 0.6) is 0 Å². The molecule has 1 saturated carbocycles. The average Bonchev–Trinajstić information content (AvgIpc) is 2.83. The lowest BCUT2D eigenvalue weighted by atomic mass is 9.94. The average molecular weight is 288 g/mol. The Morgan fingerprint density at radius 1 is 1.16 bits per heavy atom. The zero-order chi connectivity index (χ0) is 14.0. The van der Waals surface area contributed by atoms with E-state index in [1.807, 2.05) is 25.1 Å². The van der Waals surface area contributed by atoms with Gasteiger partial charge in [0.1, 0.15) is 0 Å². The van der Waals surface area contributed by atoms with Crippen LogP contribution in [0.15, 0.2) is 0 Å². The molecule has 0 bridgehead atoms. The van der Waals surface area contributed by atoms with Crippen molar-refractivity contribution in [3.8, 4) is 0 Å². The van der Waals surface area contributed by atoms with Crippen molar-refractivity contribution in [2.75, 3.05) is 13.1 Å². The fraction of sp³-hybridized carbons (Fsp3) is 1.00. The third-order valence-corrected chi connectivity index (χ3v) is 6.88. The summed E-state index contributed by atoms with van der Waals surface area (Å²) in [6.45, 7) is 7.22. The van der Waals surface area contributed by atoms with Crippen LogP contribution in [0.3, 0.4) is 0 Å². The van der Waals surface area contributed by atoms with Gasteiger partial charge in [-0.1, -0.05) is 20.3 Å². The number of rotatable bonds is 5. The van der Waals surface area contributed by atoms with Crippen LogP contribution in [0.2, 0.25) is 0 Å². The Morgan fingerprint density at radius 2 is 1.84 bits per heavy atom. The van der Waals surface area contributed by atoms with Gasteiger partial charge in [0.2, 0.25) is 10.0 Å². The van der Waals surface area contributed by atoms with Gasteiger partial charge in [0, 0.05) is 25.2 Å². The van der Waals surface area contributed by atoms with Gasteiger partial charge < -0.3 is 5.32 Å². The number of hydrogen-bond donors (Lipinski definition) is 1. The predicted octanol–water partition coefficient (Wildman–Crippen LogP) is 1.97. The fourth-order valence-corrected chi connectivity index (χ4v) is 5.27. The van der Waals surface area contributed by atoms with E-state index in [1.54, 1.807) is 0 Å². The zero-order valence-corrected chi connectivity index (χ0v) is 13.2. The number of piperidine rings is 1. The van der Waals surface area contributed by atoms with Crippen molar-refractivity contribution in [2.45, 2.75) is 70.2 Å². The first-order valence-corrected chi connectivity index (χ1v) is 9.17. The van der Waals surface area contributed by atoms with Gasteiger partial charge in [-0.3, -0.25) is 0 Å². The second kappa shape index (κ2) is 6.10. The normalized spacial score (nSPS) is 30.5. The van der Waals surface area contributed by atoms with Crippen LogP contribution >= 0.6 is 0 Å². The topological polar surface area (TPSA) is 49.4 Å². The lowest BCUT2D eigenvalue weighted by molar-refractivity contribution is 0.200. The minimum Gasteiger partial charge on any atom is -0.313 e. The van der Waals surface area contributed by atoms with Gasteiger partial charge in [0.25, 0.3) is 0 Å². The van der Waals surface area contributed by atoms with Crippen LogP contribution < -0.4 is 5.32 Å². The molecule has 1 heterocycles. The van der Waals surface area contributed by atoms with Crippen LogP contribution in [0.4, 0.5) is 0 Å². The first-order valence-electron chi connectivity index (χ1n) is 7.67. The number of sulfonamides is 1. The van der Waals surface area contributed by atoms with E-state index in [4.69, 9.17) is 0 Å². The van der Waals surface area contributed by atoms with Crippen LogP contribution in [0.1, 0.15) is 52.9 Å². The third-order valence-electron chi connectivity index (χ3n) is 4.59. The van der Waals surface area contributed by atoms with Gasteiger partial charge in [0.15, 0.2) is 0 Å². The van der Waals surface area contributed by atoms with Crippen LogP contribution in [-0.2, 0) is 10.0 Å². The Kier molecular flexibility index (Phi) is 4.90. The number of nitrogens with zero attached hydrogens (tertiary/aromatic N) is 1. The maximum Gasteiger partial charge on any atom is 0.218 e. The Balaban J connectivity index is 2.05. The predicted molar refractivity (Wildman–Crippen MR) is 78.6 cm³/mol. The molecule has 19 heavy (non-hydrogen) atoms. The van der Waals surface area contributed by atoms with Crippen molar-refractivity contribution in [1.82, 2.24) is 9.62 Å². The van der Waals surface area contributed by atoms with Gasteiger partial charge in [-0.05, 0) is 38.5 Å². The summed E-state index contributed by atoms with van der Waals surface area (Å²) in [7, 11) is -3.14. The van der Waals surface area contributed by atoms with Crippen molar-refractivity contribution in [1.29, 1.82) is 0 Å². The summed E-state index contributed by atoms with van der Waals surface area (Å²) < 4.78 is 27.3. The smallest absolute Gasteiger partial charge is 0.218 e. The van der Waals surface area contributed by atoms with Crippen molar-refractivity contribution >= 4 is 10.0 Å². The molecule has 0 amide bonds. The largest absolute Gasteiger partial charge is 0.313 e. The van der Waals surface area contributed by atoms with E-state index in [9.17, 15) is 8.42 Å². The molecule has 1 aliphatic heterocycles. The molecule has 112 valence electrons. The molecule has 5 heteroatoms. The molecule has 1 saturated heterocycles. The minimum atomic E-state index is -3.14. The van der Waals surface area contributed by atoms with Crippen molar-refractivity contribution in [3.05, 3.63) is 0 Å². The quantitative estimate of drug-likeness (QED) is 0.841. The Labute approximate surface area is 118 Å². The van der Waals surface area contributed by atoms with E-state index in [2.05, 4.69) is 5.32 Å². The second-order valence-electron chi connectivity index (χ2n) is 6.43. The maximum atomic E-state index is 12.7. The molecule has 2 rings (SSSR count). The summed E-state index contributed by atoms with van der Waals surface area (Å²) in [5.41, 5.74) is 0. The van der Waals surface area contributed by atoms with Gasteiger partial charge in [-0.25, -0.2) is 8.42 Å². The van der Waals surface area contributed by atoms with E-state index in [-0.39, 0.29) is 5.25 Å². The number of fused-ring (bicyclic) bond motifs is 1. The highest BCUT2D eigenvalue weighted by atomic mass is 32.2. The summed E-state index contributed by atoms with van der Waals surface area (Å²) in [6.07, 6.45) is 5.73. The molecule has 1 N–H and O–H groups in total. The standard InChI is InChI=1S/C14H28N2O2S/c1-11(2)15-10-12(3)19(17,18)16-9-5-7-13-6-4-8-14(13)16/h11-15H,4-10H2,1-3H3. The second-order valence-corrected chi connectivity index (χ2v) is 8.73. The molecule has 0 aromatic heterocycles. The van der Waals surface area contributed by atoms with Gasteiger partial charge in [-0.15, -0.1) is 0 Å². The number of nitrogens with one attached hydrogen (secondary N) is 1. The molecule has 0 radical (unpaired) electrons. The monoisotopic (exact) mass is 288 g/mol. The first-order chi connectivity index (χ1) is 8.93. The minimum absolute atomic E-state index is 0.292. The third kappa shape index (κ3) is 3.31. The zero-order valence-electron chi connectivity index (χ0n) is 12.4. The summed E-state index contributed by atoms with van der Waals surface area (Å²) in [4.78, 5) is 0. The van der Waals surface area contributed by atoms with Crippen LogP contribution in [0.25, 0.3) is 0 Å². The molecule has 2 aliphatic rings. The first kappa shape index (κ1) is 15.3. The SMILES string of the molecule is CC(C)NCC(C)S(=O)(=O)N1CCCC2CCCC21. The van der Waals surface area contributed by atoms with Crippen molar-refractivity contribution in [2.24, 2.45) is 5.92 Å². The van der Waals surface area contributed by atoms with Crippen LogP contribution in [0, 0.1) is 5.92 Å². The van der Waals surface area contributed by atoms with E-state index in [1.165, 1.54) is 19.3 Å². The van der Waals surface area contributed by atoms with Crippen molar-refractivity contribution < 1.29 is 8.42 Å².